The van der Waals surface area contributed by atoms with Crippen molar-refractivity contribution in [3.05, 3.63) is 35.9 Å². The van der Waals surface area contributed by atoms with Crippen LogP contribution in [-0.2, 0) is 5.85 Å². The van der Waals surface area contributed by atoms with Gasteiger partial charge in [0.15, 0.2) is 0 Å². The number of benzene rings is 1. The van der Waals surface area contributed by atoms with Crippen LogP contribution in [0.3, 0.4) is 0 Å². The van der Waals surface area contributed by atoms with Crippen LogP contribution in [-0.4, -0.2) is 5.11 Å². The summed E-state index contributed by atoms with van der Waals surface area (Å²) >= 11 is 0. The number of halogens is 1. The molecule has 1 unspecified atom stereocenters. The zero-order valence-electron chi connectivity index (χ0n) is 9.25. The largest absolute Gasteiger partial charge is 0.358 e. The molecule has 1 atom stereocenters. The van der Waals surface area contributed by atoms with E-state index < -0.39 is 5.85 Å². The third-order valence-electron chi connectivity index (χ3n) is 2.58. The molecule has 0 radical (unpaired) electrons. The highest BCUT2D eigenvalue weighted by Gasteiger charge is 2.27. The van der Waals surface area contributed by atoms with Crippen LogP contribution < -0.4 is 0 Å². The Morgan fingerprint density at radius 1 is 1.13 bits per heavy atom. The Bertz CT molecular complexity index is 269. The number of alkyl halides is 1. The molecule has 2 heteroatoms. The second-order valence-electron chi connectivity index (χ2n) is 3.94. The molecule has 0 aliphatic rings. The van der Waals surface area contributed by atoms with E-state index in [1.54, 1.807) is 24.3 Å². The Hall–Kier alpha value is -0.890. The molecule has 1 rings (SSSR count). The number of unbranched alkanes of at least 4 members (excludes halogenated alkanes) is 3. The zero-order chi connectivity index (χ0) is 11.1. The second kappa shape index (κ2) is 5.86. The monoisotopic (exact) mass is 210 g/mol. The van der Waals surface area contributed by atoms with Gasteiger partial charge < -0.3 is 5.11 Å². The van der Waals surface area contributed by atoms with Crippen molar-refractivity contribution < 1.29 is 9.50 Å². The van der Waals surface area contributed by atoms with E-state index in [-0.39, 0.29) is 6.42 Å². The maximum atomic E-state index is 13.8. The minimum Gasteiger partial charge on any atom is -0.358 e. The average Bonchev–Trinajstić information content (AvgIpc) is 2.26. The standard InChI is InChI=1S/C13H19FO/c1-2-3-4-8-11-13(14,15)12-9-6-5-7-10-12/h5-7,9-10,15H,2-4,8,11H2,1H3. The van der Waals surface area contributed by atoms with Crippen LogP contribution in [0.1, 0.15) is 44.6 Å². The first-order chi connectivity index (χ1) is 7.17. The first-order valence-corrected chi connectivity index (χ1v) is 5.63. The maximum Gasteiger partial charge on any atom is 0.232 e. The van der Waals surface area contributed by atoms with Crippen LogP contribution in [0, 0.1) is 0 Å². The summed E-state index contributed by atoms with van der Waals surface area (Å²) in [7, 11) is 0. The third kappa shape index (κ3) is 4.00. The van der Waals surface area contributed by atoms with Crippen LogP contribution in [0.2, 0.25) is 0 Å². The highest BCUT2D eigenvalue weighted by Crippen LogP contribution is 2.28. The normalized spacial score (nSPS) is 14.9. The highest BCUT2D eigenvalue weighted by molar-refractivity contribution is 5.19. The molecule has 15 heavy (non-hydrogen) atoms. The molecule has 0 saturated heterocycles. The van der Waals surface area contributed by atoms with E-state index in [2.05, 4.69) is 6.92 Å². The lowest BCUT2D eigenvalue weighted by atomic mass is 10.0. The van der Waals surface area contributed by atoms with Gasteiger partial charge in [-0.15, -0.1) is 0 Å². The van der Waals surface area contributed by atoms with Gasteiger partial charge >= 0.3 is 0 Å². The van der Waals surface area contributed by atoms with Crippen molar-refractivity contribution in [1.82, 2.24) is 0 Å². The lowest BCUT2D eigenvalue weighted by Gasteiger charge is -2.19. The van der Waals surface area contributed by atoms with Gasteiger partial charge in [0.25, 0.3) is 0 Å². The van der Waals surface area contributed by atoms with Crippen LogP contribution in [0.15, 0.2) is 30.3 Å². The summed E-state index contributed by atoms with van der Waals surface area (Å²) in [6, 6.07) is 8.55. The Labute approximate surface area is 90.9 Å². The van der Waals surface area contributed by atoms with Crippen LogP contribution >= 0.6 is 0 Å². The Morgan fingerprint density at radius 2 is 1.80 bits per heavy atom. The molecule has 0 aliphatic carbocycles. The minimum absolute atomic E-state index is 0.191. The van der Waals surface area contributed by atoms with Crippen molar-refractivity contribution >= 4 is 0 Å². The molecule has 0 aliphatic heterocycles. The molecular weight excluding hydrogens is 191 g/mol. The molecule has 84 valence electrons. The first-order valence-electron chi connectivity index (χ1n) is 5.63. The van der Waals surface area contributed by atoms with Crippen LogP contribution in [0.25, 0.3) is 0 Å². The zero-order valence-corrected chi connectivity index (χ0v) is 9.25. The predicted octanol–water partition coefficient (Wildman–Crippen LogP) is 3.77. The molecule has 1 N–H and O–H groups in total. The Balaban J connectivity index is 2.45. The Morgan fingerprint density at radius 3 is 2.40 bits per heavy atom. The molecule has 0 amide bonds. The van der Waals surface area contributed by atoms with E-state index in [9.17, 15) is 9.50 Å². The topological polar surface area (TPSA) is 20.2 Å². The summed E-state index contributed by atoms with van der Waals surface area (Å²) in [5.41, 5.74) is 0.362. The van der Waals surface area contributed by atoms with Crippen molar-refractivity contribution in [3.8, 4) is 0 Å². The van der Waals surface area contributed by atoms with Crippen molar-refractivity contribution in [2.45, 2.75) is 44.9 Å². The maximum absolute atomic E-state index is 13.8. The van der Waals surface area contributed by atoms with Crippen molar-refractivity contribution in [2.75, 3.05) is 0 Å². The molecule has 0 fully saturated rings. The smallest absolute Gasteiger partial charge is 0.232 e. The van der Waals surface area contributed by atoms with Gasteiger partial charge in [-0.1, -0.05) is 56.5 Å². The van der Waals surface area contributed by atoms with E-state index in [0.717, 1.165) is 25.7 Å². The number of hydrogen-bond donors (Lipinski definition) is 1. The van der Waals surface area contributed by atoms with Crippen LogP contribution in [0.4, 0.5) is 4.39 Å². The summed E-state index contributed by atoms with van der Waals surface area (Å²) in [4.78, 5) is 0. The molecule has 0 bridgehead atoms. The van der Waals surface area contributed by atoms with Gasteiger partial charge in [-0.2, -0.15) is 0 Å². The summed E-state index contributed by atoms with van der Waals surface area (Å²) in [5.74, 6) is -2.16. The molecule has 1 nitrogen and oxygen atoms in total. The summed E-state index contributed by atoms with van der Waals surface area (Å²) in [5, 5.41) is 9.62. The molecule has 0 saturated carbocycles. The fourth-order valence-corrected chi connectivity index (χ4v) is 1.62. The van der Waals surface area contributed by atoms with Crippen molar-refractivity contribution in [1.29, 1.82) is 0 Å². The third-order valence-corrected chi connectivity index (χ3v) is 2.58. The van der Waals surface area contributed by atoms with Gasteiger partial charge in [-0.25, -0.2) is 4.39 Å². The molecule has 1 aromatic carbocycles. The second-order valence-corrected chi connectivity index (χ2v) is 3.94. The molecule has 0 spiro atoms. The van der Waals surface area contributed by atoms with E-state index in [0.29, 0.717) is 5.56 Å². The van der Waals surface area contributed by atoms with E-state index in [1.165, 1.54) is 0 Å². The van der Waals surface area contributed by atoms with E-state index in [1.807, 2.05) is 6.07 Å². The fourth-order valence-electron chi connectivity index (χ4n) is 1.62. The lowest BCUT2D eigenvalue weighted by molar-refractivity contribution is -0.103. The fraction of sp³-hybridized carbons (Fsp3) is 0.538. The van der Waals surface area contributed by atoms with Crippen molar-refractivity contribution in [2.24, 2.45) is 0 Å². The van der Waals surface area contributed by atoms with Crippen LogP contribution in [0.5, 0.6) is 0 Å². The molecule has 0 heterocycles. The van der Waals surface area contributed by atoms with E-state index in [4.69, 9.17) is 0 Å². The van der Waals surface area contributed by atoms with Gasteiger partial charge in [-0.3, -0.25) is 0 Å². The van der Waals surface area contributed by atoms with Crippen molar-refractivity contribution in [3.63, 3.8) is 0 Å². The van der Waals surface area contributed by atoms with E-state index >= 15 is 0 Å². The van der Waals surface area contributed by atoms with Gasteiger partial charge in [0.1, 0.15) is 0 Å². The molecule has 0 aromatic heterocycles. The number of aliphatic hydroxyl groups is 1. The quantitative estimate of drug-likeness (QED) is 0.708. The predicted molar refractivity (Wildman–Crippen MR) is 60.2 cm³/mol. The average molecular weight is 210 g/mol. The summed E-state index contributed by atoms with van der Waals surface area (Å²) in [6.45, 7) is 2.11. The van der Waals surface area contributed by atoms with Gasteiger partial charge in [0, 0.05) is 12.0 Å². The van der Waals surface area contributed by atoms with Gasteiger partial charge in [0.2, 0.25) is 5.85 Å². The lowest BCUT2D eigenvalue weighted by Crippen LogP contribution is -2.18. The summed E-state index contributed by atoms with van der Waals surface area (Å²) < 4.78 is 13.8. The number of hydrogen-bond acceptors (Lipinski definition) is 1. The molecule has 1 aromatic rings. The molecular formula is C13H19FO. The minimum atomic E-state index is -2.16. The Kier molecular flexibility index (Phi) is 4.76. The first kappa shape index (κ1) is 12.2. The van der Waals surface area contributed by atoms with Gasteiger partial charge in [-0.05, 0) is 6.42 Å². The number of rotatable bonds is 6. The SMILES string of the molecule is CCCCCCC(O)(F)c1ccccc1. The van der Waals surface area contributed by atoms with Gasteiger partial charge in [0.05, 0.1) is 0 Å². The summed E-state index contributed by atoms with van der Waals surface area (Å²) in [6.07, 6.45) is 4.13. The highest BCUT2D eigenvalue weighted by atomic mass is 19.2.